The van der Waals surface area contributed by atoms with Crippen molar-refractivity contribution in [3.8, 4) is 0 Å². The Morgan fingerprint density at radius 3 is 1.29 bits per heavy atom. The Labute approximate surface area is 150 Å². The second-order valence-corrected chi connectivity index (χ2v) is 16.3. The molecular formula is C23H30Ge. The summed E-state index contributed by atoms with van der Waals surface area (Å²) in [7, 11) is 0. The molecule has 0 radical (unpaired) electrons. The Morgan fingerprint density at radius 2 is 1.00 bits per heavy atom. The third kappa shape index (κ3) is 2.79. The van der Waals surface area contributed by atoms with Crippen LogP contribution in [0, 0.1) is 41.5 Å². The van der Waals surface area contributed by atoms with Gasteiger partial charge in [0, 0.05) is 0 Å². The van der Waals surface area contributed by atoms with E-state index in [1.165, 1.54) is 43.9 Å². The van der Waals surface area contributed by atoms with Crippen molar-refractivity contribution in [1.29, 1.82) is 0 Å². The van der Waals surface area contributed by atoms with Gasteiger partial charge in [0.25, 0.3) is 0 Å². The fourth-order valence-corrected chi connectivity index (χ4v) is 18.5. The summed E-state index contributed by atoms with van der Waals surface area (Å²) in [6.07, 6.45) is 2.54. The molecule has 2 aromatic rings. The van der Waals surface area contributed by atoms with Gasteiger partial charge in [0.05, 0.1) is 0 Å². The van der Waals surface area contributed by atoms with Crippen LogP contribution < -0.4 is 8.79 Å². The molecule has 1 aliphatic heterocycles. The van der Waals surface area contributed by atoms with Crippen molar-refractivity contribution in [1.82, 2.24) is 0 Å². The predicted octanol–water partition coefficient (Wildman–Crippen LogP) is 5.06. The van der Waals surface area contributed by atoms with Gasteiger partial charge in [-0.2, -0.15) is 0 Å². The zero-order chi connectivity index (χ0) is 17.6. The zero-order valence-corrected chi connectivity index (χ0v) is 18.4. The fraction of sp³-hybridized carbons (Fsp3) is 0.391. The predicted molar refractivity (Wildman–Crippen MR) is 110 cm³/mol. The molecular weight excluding hydrogens is 349 g/mol. The summed E-state index contributed by atoms with van der Waals surface area (Å²) >= 11 is -2.42. The van der Waals surface area contributed by atoms with Gasteiger partial charge in [-0.05, 0) is 0 Å². The third-order valence-corrected chi connectivity index (χ3v) is 17.3. The molecule has 0 nitrogen and oxygen atoms in total. The van der Waals surface area contributed by atoms with Crippen LogP contribution >= 0.6 is 0 Å². The standard InChI is InChI=1S/C23H30Ge/c1-15-8-9-24(14-15,22-18(4)10-16(2)11-19(22)5)23-20(6)12-17(3)13-21(23)7/h8,10-13H,9,14H2,1-7H3. The van der Waals surface area contributed by atoms with E-state index in [1.54, 1.807) is 14.4 Å². The van der Waals surface area contributed by atoms with Crippen molar-refractivity contribution in [2.75, 3.05) is 0 Å². The molecule has 2 aromatic carbocycles. The summed E-state index contributed by atoms with van der Waals surface area (Å²) in [5, 5.41) is 2.64. The van der Waals surface area contributed by atoms with E-state index in [4.69, 9.17) is 0 Å². The third-order valence-electron chi connectivity index (χ3n) is 5.69. The average molecular weight is 379 g/mol. The maximum atomic E-state index is 2.54. The second-order valence-electron chi connectivity index (χ2n) is 8.06. The molecule has 0 saturated heterocycles. The van der Waals surface area contributed by atoms with Crippen LogP contribution in [0.2, 0.25) is 10.5 Å². The van der Waals surface area contributed by atoms with E-state index in [2.05, 4.69) is 78.8 Å². The van der Waals surface area contributed by atoms with E-state index < -0.39 is 13.3 Å². The summed E-state index contributed by atoms with van der Waals surface area (Å²) in [6.45, 7) is 16.2. The molecule has 3 rings (SSSR count). The molecule has 0 spiro atoms. The van der Waals surface area contributed by atoms with Crippen molar-refractivity contribution in [3.63, 3.8) is 0 Å². The molecule has 1 heterocycles. The molecule has 0 aliphatic carbocycles. The molecule has 0 saturated carbocycles. The van der Waals surface area contributed by atoms with Gasteiger partial charge in [-0.1, -0.05) is 0 Å². The monoisotopic (exact) mass is 380 g/mol. The van der Waals surface area contributed by atoms with E-state index in [0.29, 0.717) is 0 Å². The van der Waals surface area contributed by atoms with E-state index in [1.807, 2.05) is 0 Å². The molecule has 0 fully saturated rings. The summed E-state index contributed by atoms with van der Waals surface area (Å²) < 4.78 is 3.48. The molecule has 24 heavy (non-hydrogen) atoms. The number of hydrogen-bond acceptors (Lipinski definition) is 0. The van der Waals surface area contributed by atoms with Gasteiger partial charge >= 0.3 is 150 Å². The topological polar surface area (TPSA) is 0 Å². The molecule has 1 aliphatic rings. The SMILES string of the molecule is CC1=C[CH2][Ge]([c]2c(C)cc(C)cc2C)([c]2c(C)cc(C)cc2C)[CH2]1. The Kier molecular flexibility index (Phi) is 4.55. The number of allylic oxidation sites excluding steroid dienone is 2. The minimum atomic E-state index is -2.42. The Morgan fingerprint density at radius 1 is 0.625 bits per heavy atom. The normalized spacial score (nSPS) is 16.4. The van der Waals surface area contributed by atoms with Gasteiger partial charge in [0.15, 0.2) is 0 Å². The zero-order valence-electron chi connectivity index (χ0n) is 16.3. The van der Waals surface area contributed by atoms with Gasteiger partial charge < -0.3 is 0 Å². The quantitative estimate of drug-likeness (QED) is 0.506. The molecule has 0 unspecified atom stereocenters. The van der Waals surface area contributed by atoms with Gasteiger partial charge in [0.1, 0.15) is 0 Å². The van der Waals surface area contributed by atoms with Crippen LogP contribution in [-0.4, -0.2) is 13.3 Å². The molecule has 0 aromatic heterocycles. The number of rotatable bonds is 2. The van der Waals surface area contributed by atoms with Crippen LogP contribution in [-0.2, 0) is 0 Å². The van der Waals surface area contributed by atoms with E-state index in [0.717, 1.165) is 0 Å². The molecule has 0 atom stereocenters. The molecule has 1 heteroatoms. The van der Waals surface area contributed by atoms with Crippen LogP contribution in [0.3, 0.4) is 0 Å². The van der Waals surface area contributed by atoms with E-state index in [-0.39, 0.29) is 0 Å². The van der Waals surface area contributed by atoms with E-state index in [9.17, 15) is 0 Å². The Balaban J connectivity index is 2.34. The summed E-state index contributed by atoms with van der Waals surface area (Å²) in [5.41, 5.74) is 10.5. The fourth-order valence-electron chi connectivity index (χ4n) is 5.34. The Hall–Kier alpha value is -1.28. The summed E-state index contributed by atoms with van der Waals surface area (Å²) in [5.74, 6) is 0. The van der Waals surface area contributed by atoms with Crippen molar-refractivity contribution >= 4 is 22.1 Å². The summed E-state index contributed by atoms with van der Waals surface area (Å²) in [4.78, 5) is 0. The Bertz CT molecular complexity index is 736. The van der Waals surface area contributed by atoms with Crippen molar-refractivity contribution in [2.45, 2.75) is 59.0 Å². The maximum absolute atomic E-state index is 2.54. The van der Waals surface area contributed by atoms with Crippen LogP contribution in [0.25, 0.3) is 0 Å². The first-order valence-corrected chi connectivity index (χ1v) is 14.1. The van der Waals surface area contributed by atoms with Gasteiger partial charge in [-0.15, -0.1) is 0 Å². The van der Waals surface area contributed by atoms with Crippen molar-refractivity contribution in [3.05, 3.63) is 69.3 Å². The van der Waals surface area contributed by atoms with Gasteiger partial charge in [-0.25, -0.2) is 0 Å². The van der Waals surface area contributed by atoms with Crippen LogP contribution in [0.5, 0.6) is 0 Å². The van der Waals surface area contributed by atoms with Crippen LogP contribution in [0.4, 0.5) is 0 Å². The van der Waals surface area contributed by atoms with Crippen molar-refractivity contribution < 1.29 is 0 Å². The number of hydrogen-bond donors (Lipinski definition) is 0. The summed E-state index contributed by atoms with van der Waals surface area (Å²) in [6, 6.07) is 9.62. The number of benzene rings is 2. The first kappa shape index (κ1) is 17.5. The minimum absolute atomic E-state index is 1.31. The molecule has 126 valence electrons. The molecule has 0 bridgehead atoms. The molecule has 0 amide bonds. The average Bonchev–Trinajstić information content (AvgIpc) is 2.78. The number of aryl methyl sites for hydroxylation is 6. The van der Waals surface area contributed by atoms with Crippen molar-refractivity contribution in [2.24, 2.45) is 0 Å². The first-order valence-electron chi connectivity index (χ1n) is 9.07. The first-order chi connectivity index (χ1) is 11.2. The van der Waals surface area contributed by atoms with Gasteiger partial charge in [0.2, 0.25) is 0 Å². The second kappa shape index (κ2) is 6.22. The molecule has 0 N–H and O–H groups in total. The van der Waals surface area contributed by atoms with Crippen LogP contribution in [0.15, 0.2) is 35.9 Å². The van der Waals surface area contributed by atoms with E-state index >= 15 is 0 Å². The van der Waals surface area contributed by atoms with Gasteiger partial charge in [-0.3, -0.25) is 0 Å². The van der Waals surface area contributed by atoms with Crippen LogP contribution in [0.1, 0.15) is 40.3 Å².